The lowest BCUT2D eigenvalue weighted by Crippen LogP contribution is -2.30. The SMILES string of the molecule is C[C@H](NCC(=O)Nc1ccccc1SCC(N)=O)c1ccc(Cl)cc1. The Bertz CT molecular complexity index is 737. The van der Waals surface area contributed by atoms with Crippen LogP contribution < -0.4 is 16.4 Å². The van der Waals surface area contributed by atoms with Crippen molar-refractivity contribution in [3.8, 4) is 0 Å². The van der Waals surface area contributed by atoms with Crippen molar-refractivity contribution in [3.05, 3.63) is 59.1 Å². The Morgan fingerprint density at radius 3 is 2.52 bits per heavy atom. The number of hydrogen-bond acceptors (Lipinski definition) is 4. The molecule has 0 spiro atoms. The predicted molar refractivity (Wildman–Crippen MR) is 103 cm³/mol. The molecule has 5 nitrogen and oxygen atoms in total. The molecule has 0 saturated carbocycles. The normalized spacial score (nSPS) is 11.8. The van der Waals surface area contributed by atoms with Gasteiger partial charge in [-0.2, -0.15) is 0 Å². The first-order chi connectivity index (χ1) is 12.0. The second kappa shape index (κ2) is 9.46. The Labute approximate surface area is 156 Å². The van der Waals surface area contributed by atoms with E-state index in [9.17, 15) is 9.59 Å². The van der Waals surface area contributed by atoms with Gasteiger partial charge < -0.3 is 16.4 Å². The van der Waals surface area contributed by atoms with E-state index in [2.05, 4.69) is 10.6 Å². The third-order valence-corrected chi connectivity index (χ3v) is 4.82. The standard InChI is InChI=1S/C18H20ClN3O2S/c1-12(13-6-8-14(19)9-7-13)21-10-18(24)22-15-4-2-3-5-16(15)25-11-17(20)23/h2-9,12,21H,10-11H2,1H3,(H2,20,23)(H,22,24)/t12-/m0/s1. The van der Waals surface area contributed by atoms with Crippen LogP contribution in [0.4, 0.5) is 5.69 Å². The minimum absolute atomic E-state index is 0.0162. The number of rotatable bonds is 8. The average molecular weight is 378 g/mol. The Kier molecular flexibility index (Phi) is 7.31. The zero-order chi connectivity index (χ0) is 18.2. The fourth-order valence-corrected chi connectivity index (χ4v) is 3.03. The first-order valence-electron chi connectivity index (χ1n) is 7.74. The van der Waals surface area contributed by atoms with Crippen molar-refractivity contribution < 1.29 is 9.59 Å². The Balaban J connectivity index is 1.89. The number of para-hydroxylation sites is 1. The summed E-state index contributed by atoms with van der Waals surface area (Å²) in [6.45, 7) is 2.14. The van der Waals surface area contributed by atoms with Crippen LogP contribution in [0.3, 0.4) is 0 Å². The van der Waals surface area contributed by atoms with E-state index >= 15 is 0 Å². The van der Waals surface area contributed by atoms with E-state index in [1.54, 1.807) is 6.07 Å². The molecule has 0 aliphatic rings. The second-order valence-corrected chi connectivity index (χ2v) is 6.91. The highest BCUT2D eigenvalue weighted by Crippen LogP contribution is 2.26. The third kappa shape index (κ3) is 6.42. The third-order valence-electron chi connectivity index (χ3n) is 3.47. The van der Waals surface area contributed by atoms with E-state index in [1.807, 2.05) is 49.4 Å². The Morgan fingerprint density at radius 2 is 1.84 bits per heavy atom. The van der Waals surface area contributed by atoms with E-state index in [-0.39, 0.29) is 24.2 Å². The molecule has 1 atom stereocenters. The van der Waals surface area contributed by atoms with Crippen LogP contribution in [0.15, 0.2) is 53.4 Å². The van der Waals surface area contributed by atoms with Gasteiger partial charge in [0.25, 0.3) is 0 Å². The molecule has 132 valence electrons. The molecule has 0 unspecified atom stereocenters. The molecular weight excluding hydrogens is 358 g/mol. The molecule has 0 fully saturated rings. The van der Waals surface area contributed by atoms with Crippen molar-refractivity contribution in [2.24, 2.45) is 5.73 Å². The van der Waals surface area contributed by atoms with Crippen LogP contribution in [0.25, 0.3) is 0 Å². The molecule has 0 bridgehead atoms. The maximum absolute atomic E-state index is 12.2. The first kappa shape index (κ1) is 19.3. The number of halogens is 1. The molecule has 2 rings (SSSR count). The largest absolute Gasteiger partial charge is 0.369 e. The first-order valence-corrected chi connectivity index (χ1v) is 9.11. The van der Waals surface area contributed by atoms with Crippen LogP contribution in [0, 0.1) is 0 Å². The lowest BCUT2D eigenvalue weighted by Gasteiger charge is -2.15. The van der Waals surface area contributed by atoms with Gasteiger partial charge in [-0.1, -0.05) is 35.9 Å². The molecule has 2 amide bonds. The summed E-state index contributed by atoms with van der Waals surface area (Å²) in [5.41, 5.74) is 6.89. The van der Waals surface area contributed by atoms with Crippen LogP contribution in [0.5, 0.6) is 0 Å². The number of thioether (sulfide) groups is 1. The topological polar surface area (TPSA) is 84.2 Å². The second-order valence-electron chi connectivity index (χ2n) is 5.45. The number of hydrogen-bond donors (Lipinski definition) is 3. The summed E-state index contributed by atoms with van der Waals surface area (Å²) in [5, 5.41) is 6.71. The average Bonchev–Trinajstić information content (AvgIpc) is 2.59. The predicted octanol–water partition coefficient (Wildman–Crippen LogP) is 3.21. The number of nitrogens with one attached hydrogen (secondary N) is 2. The van der Waals surface area contributed by atoms with Gasteiger partial charge in [-0.25, -0.2) is 0 Å². The minimum Gasteiger partial charge on any atom is -0.369 e. The van der Waals surface area contributed by atoms with Gasteiger partial charge in [0.1, 0.15) is 0 Å². The Morgan fingerprint density at radius 1 is 1.16 bits per heavy atom. The van der Waals surface area contributed by atoms with Gasteiger partial charge in [0.05, 0.1) is 18.0 Å². The lowest BCUT2D eigenvalue weighted by atomic mass is 10.1. The lowest BCUT2D eigenvalue weighted by molar-refractivity contribution is -0.116. The zero-order valence-corrected chi connectivity index (χ0v) is 15.4. The summed E-state index contributed by atoms with van der Waals surface area (Å²) >= 11 is 7.18. The number of nitrogens with two attached hydrogens (primary N) is 1. The van der Waals surface area contributed by atoms with Gasteiger partial charge in [-0.3, -0.25) is 9.59 Å². The fraction of sp³-hybridized carbons (Fsp3) is 0.222. The summed E-state index contributed by atoms with van der Waals surface area (Å²) in [5.74, 6) is -0.392. The van der Waals surface area contributed by atoms with E-state index in [0.29, 0.717) is 10.7 Å². The summed E-state index contributed by atoms with van der Waals surface area (Å²) < 4.78 is 0. The summed E-state index contributed by atoms with van der Waals surface area (Å²) in [4.78, 5) is 23.9. The molecule has 0 heterocycles. The highest BCUT2D eigenvalue weighted by atomic mass is 35.5. The molecule has 7 heteroatoms. The van der Waals surface area contributed by atoms with Crippen molar-refractivity contribution in [1.29, 1.82) is 0 Å². The van der Waals surface area contributed by atoms with Crippen LogP contribution in [-0.4, -0.2) is 24.1 Å². The van der Waals surface area contributed by atoms with Crippen LogP contribution in [-0.2, 0) is 9.59 Å². The highest BCUT2D eigenvalue weighted by Gasteiger charge is 2.10. The fourth-order valence-electron chi connectivity index (χ4n) is 2.15. The van der Waals surface area contributed by atoms with Crippen molar-refractivity contribution in [2.45, 2.75) is 17.9 Å². The number of primary amides is 1. The number of carbonyl (C=O) groups excluding carboxylic acids is 2. The van der Waals surface area contributed by atoms with Crippen LogP contribution >= 0.6 is 23.4 Å². The molecule has 25 heavy (non-hydrogen) atoms. The van der Waals surface area contributed by atoms with Gasteiger partial charge in [-0.05, 0) is 36.8 Å². The Hall–Kier alpha value is -2.02. The van der Waals surface area contributed by atoms with Crippen molar-refractivity contribution in [3.63, 3.8) is 0 Å². The number of carbonyl (C=O) groups is 2. The van der Waals surface area contributed by atoms with E-state index in [1.165, 1.54) is 11.8 Å². The molecule has 2 aromatic carbocycles. The number of amides is 2. The smallest absolute Gasteiger partial charge is 0.238 e. The molecule has 0 aliphatic heterocycles. The van der Waals surface area contributed by atoms with Gasteiger partial charge in [0.2, 0.25) is 11.8 Å². The molecule has 0 radical (unpaired) electrons. The van der Waals surface area contributed by atoms with Gasteiger partial charge in [0.15, 0.2) is 0 Å². The summed E-state index contributed by atoms with van der Waals surface area (Å²) in [6.07, 6.45) is 0. The van der Waals surface area contributed by atoms with E-state index in [4.69, 9.17) is 17.3 Å². The summed E-state index contributed by atoms with van der Waals surface area (Å²) in [6, 6.07) is 14.8. The highest BCUT2D eigenvalue weighted by molar-refractivity contribution is 8.00. The minimum atomic E-state index is -0.399. The van der Waals surface area contributed by atoms with Gasteiger partial charge in [-0.15, -0.1) is 11.8 Å². The number of anilines is 1. The molecule has 0 saturated heterocycles. The van der Waals surface area contributed by atoms with Crippen molar-refractivity contribution >= 4 is 40.9 Å². The van der Waals surface area contributed by atoms with Crippen LogP contribution in [0.2, 0.25) is 5.02 Å². The molecule has 0 aliphatic carbocycles. The van der Waals surface area contributed by atoms with Gasteiger partial charge in [0, 0.05) is 16.0 Å². The van der Waals surface area contributed by atoms with E-state index in [0.717, 1.165) is 10.5 Å². The van der Waals surface area contributed by atoms with Crippen molar-refractivity contribution in [2.75, 3.05) is 17.6 Å². The van der Waals surface area contributed by atoms with E-state index < -0.39 is 5.91 Å². The molecule has 0 aromatic heterocycles. The maximum atomic E-state index is 12.2. The maximum Gasteiger partial charge on any atom is 0.238 e. The monoisotopic (exact) mass is 377 g/mol. The summed E-state index contributed by atoms with van der Waals surface area (Å²) in [7, 11) is 0. The number of benzene rings is 2. The zero-order valence-electron chi connectivity index (χ0n) is 13.8. The van der Waals surface area contributed by atoms with Gasteiger partial charge >= 0.3 is 0 Å². The molecule has 4 N–H and O–H groups in total. The molecular formula is C18H20ClN3O2S. The van der Waals surface area contributed by atoms with Crippen molar-refractivity contribution in [1.82, 2.24) is 5.32 Å². The van der Waals surface area contributed by atoms with Crippen LogP contribution in [0.1, 0.15) is 18.5 Å². The quantitative estimate of drug-likeness (QED) is 0.617. The molecule has 2 aromatic rings.